The van der Waals surface area contributed by atoms with E-state index in [9.17, 15) is 14.9 Å². The number of nitrogens with zero attached hydrogens (tertiary/aromatic N) is 1. The van der Waals surface area contributed by atoms with Crippen molar-refractivity contribution < 1.29 is 26.8 Å². The Kier molecular flexibility index (Phi) is 8.12. The number of carbonyl (C=O) groups is 1. The second-order valence-electron chi connectivity index (χ2n) is 4.74. The maximum atomic E-state index is 10.4. The van der Waals surface area contributed by atoms with Crippen LogP contribution in [0.1, 0.15) is 21.5 Å². The molecule has 0 heterocycles. The van der Waals surface area contributed by atoms with Gasteiger partial charge in [0, 0.05) is 29.2 Å². The molecule has 24 heavy (non-hydrogen) atoms. The minimum absolute atomic E-state index is 0. The Morgan fingerprint density at radius 2 is 1.38 bits per heavy atom. The number of non-ortho nitro benzene ring substituents is 1. The van der Waals surface area contributed by atoms with E-state index in [-0.39, 0.29) is 22.8 Å². The van der Waals surface area contributed by atoms with Crippen molar-refractivity contribution in [2.45, 2.75) is 0 Å². The fraction of sp³-hybridized carbons (Fsp3) is 0. The van der Waals surface area contributed by atoms with Crippen LogP contribution in [0.25, 0.3) is 12.2 Å². The summed E-state index contributed by atoms with van der Waals surface area (Å²) in [6, 6.07) is 21.6. The third-order valence-electron chi connectivity index (χ3n) is 3.09. The van der Waals surface area contributed by atoms with E-state index in [4.69, 9.17) is 0 Å². The average Bonchev–Trinajstić information content (AvgIpc) is 3.27. The first-order valence-electron chi connectivity index (χ1n) is 7.00. The Bertz CT molecular complexity index is 758. The molecule has 0 unspecified atom stereocenters. The van der Waals surface area contributed by atoms with Crippen molar-refractivity contribution >= 4 is 24.1 Å². The van der Waals surface area contributed by atoms with Gasteiger partial charge in [0.15, 0.2) is 0 Å². The van der Waals surface area contributed by atoms with Gasteiger partial charge in [-0.15, -0.1) is 29.8 Å². The van der Waals surface area contributed by atoms with Gasteiger partial charge in [-0.05, 0) is 0 Å². The van der Waals surface area contributed by atoms with E-state index < -0.39 is 4.92 Å². The summed E-state index contributed by atoms with van der Waals surface area (Å²) >= 11 is 0. The normalized spacial score (nSPS) is 9.67. The van der Waals surface area contributed by atoms with Crippen LogP contribution in [-0.4, -0.2) is 11.2 Å². The summed E-state index contributed by atoms with van der Waals surface area (Å²) in [5, 5.41) is 10.4. The van der Waals surface area contributed by atoms with Gasteiger partial charge in [0.1, 0.15) is 0 Å². The summed E-state index contributed by atoms with van der Waals surface area (Å²) < 4.78 is 0. The second-order valence-corrected chi connectivity index (χ2v) is 4.74. The number of nitro benzene ring substituents is 1. The van der Waals surface area contributed by atoms with Crippen LogP contribution in [0.2, 0.25) is 0 Å². The first kappa shape index (κ1) is 19.3. The molecule has 0 amide bonds. The van der Waals surface area contributed by atoms with Crippen LogP contribution in [0.4, 0.5) is 5.69 Å². The first-order valence-corrected chi connectivity index (χ1v) is 7.00. The molecule has 3 aromatic carbocycles. The average molecular weight is 361 g/mol. The molecule has 0 aromatic heterocycles. The first-order chi connectivity index (χ1) is 11.2. The maximum absolute atomic E-state index is 10.4. The van der Waals surface area contributed by atoms with Crippen LogP contribution in [0.15, 0.2) is 72.8 Å². The van der Waals surface area contributed by atoms with E-state index in [1.165, 1.54) is 12.1 Å². The number of nitro groups is 1. The molecular weight excluding hydrogens is 346 g/mol. The van der Waals surface area contributed by atoms with Crippen LogP contribution >= 0.6 is 0 Å². The smallest absolute Gasteiger partial charge is 0.269 e. The van der Waals surface area contributed by atoms with Gasteiger partial charge in [-0.2, -0.15) is 24.3 Å². The molecule has 0 bridgehead atoms. The van der Waals surface area contributed by atoms with Crippen LogP contribution in [-0.2, 0) is 17.1 Å². The van der Waals surface area contributed by atoms with Crippen molar-refractivity contribution in [3.63, 3.8) is 0 Å². The summed E-state index contributed by atoms with van der Waals surface area (Å²) in [6.45, 7) is 0. The Balaban J connectivity index is 0.000000304. The Morgan fingerprint density at radius 1 is 0.875 bits per heavy atom. The van der Waals surface area contributed by atoms with Crippen LogP contribution in [0, 0.1) is 10.1 Å². The van der Waals surface area contributed by atoms with Gasteiger partial charge in [-0.3, -0.25) is 10.1 Å². The van der Waals surface area contributed by atoms with Gasteiger partial charge < -0.3 is 4.79 Å². The maximum Gasteiger partial charge on any atom is 0.269 e. The number of benzene rings is 1. The van der Waals surface area contributed by atoms with E-state index >= 15 is 0 Å². The zero-order valence-corrected chi connectivity index (χ0v) is 13.8. The zero-order chi connectivity index (χ0) is 16.5. The predicted molar refractivity (Wildman–Crippen MR) is 91.5 cm³/mol. The fourth-order valence-electron chi connectivity index (χ4n) is 1.87. The molecule has 0 radical (unpaired) electrons. The SMILES string of the molecule is O=C[c-]1cccc1.O=[N+]([O-])c1ccc(C=C[c-]2cccc2)cc1.[Fe]. The molecule has 0 aliphatic heterocycles. The van der Waals surface area contributed by atoms with Gasteiger partial charge in [0.05, 0.1) is 11.2 Å². The third-order valence-corrected chi connectivity index (χ3v) is 3.09. The molecule has 3 rings (SSSR count). The summed E-state index contributed by atoms with van der Waals surface area (Å²) in [5.41, 5.74) is 2.94. The van der Waals surface area contributed by atoms with Gasteiger partial charge >= 0.3 is 0 Å². The number of hydrogen-bond donors (Lipinski definition) is 0. The molecule has 0 aliphatic rings. The molecule has 0 spiro atoms. The van der Waals surface area contributed by atoms with E-state index in [0.29, 0.717) is 0 Å². The Hall–Kier alpha value is -2.75. The van der Waals surface area contributed by atoms with Crippen molar-refractivity contribution in [3.05, 3.63) is 99.6 Å². The van der Waals surface area contributed by atoms with E-state index in [1.54, 1.807) is 24.3 Å². The molecular formula is C19H15FeNO3-2. The van der Waals surface area contributed by atoms with Crippen molar-refractivity contribution in [2.24, 2.45) is 0 Å². The van der Waals surface area contributed by atoms with Crippen LogP contribution in [0.5, 0.6) is 0 Å². The van der Waals surface area contributed by atoms with E-state index in [2.05, 4.69) is 0 Å². The molecule has 124 valence electrons. The van der Waals surface area contributed by atoms with Crippen molar-refractivity contribution in [3.8, 4) is 0 Å². The number of rotatable bonds is 4. The third kappa shape index (κ3) is 6.16. The molecule has 0 aliphatic carbocycles. The molecule has 0 atom stereocenters. The van der Waals surface area contributed by atoms with Gasteiger partial charge in [-0.25, -0.2) is 12.1 Å². The topological polar surface area (TPSA) is 60.2 Å². The van der Waals surface area contributed by atoms with E-state index in [0.717, 1.165) is 23.0 Å². The standard InChI is InChI=1S/C13H10NO2.C6H5O.Fe/c15-14(16)13-9-7-12(8-10-13)6-5-11-3-1-2-4-11;7-5-6-3-1-2-4-6;/h1-10H;1-5H;/q2*-1;. The Labute approximate surface area is 150 Å². The quantitative estimate of drug-likeness (QED) is 0.223. The molecule has 4 nitrogen and oxygen atoms in total. The zero-order valence-electron chi connectivity index (χ0n) is 12.7. The number of hydrogen-bond acceptors (Lipinski definition) is 3. The fourth-order valence-corrected chi connectivity index (χ4v) is 1.87. The van der Waals surface area contributed by atoms with Crippen LogP contribution in [0.3, 0.4) is 0 Å². The van der Waals surface area contributed by atoms with Gasteiger partial charge in [-0.1, -0.05) is 23.3 Å². The summed E-state index contributed by atoms with van der Waals surface area (Å²) in [4.78, 5) is 19.9. The van der Waals surface area contributed by atoms with Crippen LogP contribution < -0.4 is 0 Å². The summed E-state index contributed by atoms with van der Waals surface area (Å²) in [7, 11) is 0. The minimum Gasteiger partial charge on any atom is -0.312 e. The van der Waals surface area contributed by atoms with Crippen molar-refractivity contribution in [2.75, 3.05) is 0 Å². The monoisotopic (exact) mass is 361 g/mol. The van der Waals surface area contributed by atoms with Gasteiger partial charge in [0.2, 0.25) is 0 Å². The molecule has 0 saturated carbocycles. The minimum atomic E-state index is -0.398. The predicted octanol–water partition coefficient (Wildman–Crippen LogP) is 4.70. The van der Waals surface area contributed by atoms with Crippen molar-refractivity contribution in [1.29, 1.82) is 0 Å². The Morgan fingerprint density at radius 3 is 1.79 bits per heavy atom. The van der Waals surface area contributed by atoms with Crippen molar-refractivity contribution in [1.82, 2.24) is 0 Å². The largest absolute Gasteiger partial charge is 0.312 e. The number of carbonyl (C=O) groups excluding carboxylic acids is 1. The summed E-state index contributed by atoms with van der Waals surface area (Å²) in [6.07, 6.45) is 4.74. The number of aldehydes is 1. The molecule has 3 aromatic rings. The summed E-state index contributed by atoms with van der Waals surface area (Å²) in [5.74, 6) is 0. The molecule has 0 fully saturated rings. The second kappa shape index (κ2) is 10.1. The molecule has 0 saturated heterocycles. The van der Waals surface area contributed by atoms with E-state index in [1.807, 2.05) is 48.6 Å². The molecule has 5 heteroatoms. The van der Waals surface area contributed by atoms with Gasteiger partial charge in [0.25, 0.3) is 5.69 Å². The molecule has 0 N–H and O–H groups in total.